The van der Waals surface area contributed by atoms with E-state index in [-0.39, 0.29) is 24.0 Å². The summed E-state index contributed by atoms with van der Waals surface area (Å²) in [5.41, 5.74) is 1.42. The molecule has 0 radical (unpaired) electrons. The molecule has 162 valence electrons. The van der Waals surface area contributed by atoms with Gasteiger partial charge in [0, 0.05) is 12.1 Å². The van der Waals surface area contributed by atoms with Crippen LogP contribution < -0.4 is 14.4 Å². The Kier molecular flexibility index (Phi) is 7.38. The Labute approximate surface area is 175 Å². The van der Waals surface area contributed by atoms with E-state index in [9.17, 15) is 23.3 Å². The average molecular weight is 436 g/mol. The molecule has 10 heteroatoms. The summed E-state index contributed by atoms with van der Waals surface area (Å²) >= 11 is 0. The largest absolute Gasteiger partial charge is 0.491 e. The van der Waals surface area contributed by atoms with E-state index in [1.165, 1.54) is 12.1 Å². The number of carbonyl (C=O) groups excluding carboxylic acids is 1. The summed E-state index contributed by atoms with van der Waals surface area (Å²) in [6, 6.07) is 10.9. The van der Waals surface area contributed by atoms with Crippen LogP contribution in [0.3, 0.4) is 0 Å². The number of hydrogen-bond acceptors (Lipinski definition) is 6. The fraction of sp³-hybridized carbons (Fsp3) is 0.350. The second-order valence-corrected chi connectivity index (χ2v) is 9.00. The van der Waals surface area contributed by atoms with E-state index >= 15 is 0 Å². The number of sulfonamides is 1. The van der Waals surface area contributed by atoms with Gasteiger partial charge in [-0.15, -0.1) is 0 Å². The molecule has 30 heavy (non-hydrogen) atoms. The lowest BCUT2D eigenvalue weighted by Gasteiger charge is -2.24. The third-order valence-electron chi connectivity index (χ3n) is 4.29. The summed E-state index contributed by atoms with van der Waals surface area (Å²) in [7, 11) is -3.85. The SMILES string of the molecule is Cc1ccc(OC[C@@H](C)NC(=O)CN(c2cc([N+](=O)[O-])ccc2C)S(C)(=O)=O)cc1. The van der Waals surface area contributed by atoms with Crippen LogP contribution in [0.25, 0.3) is 0 Å². The lowest BCUT2D eigenvalue weighted by molar-refractivity contribution is -0.384. The van der Waals surface area contributed by atoms with E-state index in [0.717, 1.165) is 22.2 Å². The van der Waals surface area contributed by atoms with E-state index in [0.29, 0.717) is 11.3 Å². The molecular weight excluding hydrogens is 410 g/mol. The number of anilines is 1. The Morgan fingerprint density at radius 2 is 1.83 bits per heavy atom. The highest BCUT2D eigenvalue weighted by atomic mass is 32.2. The maximum atomic E-state index is 12.5. The molecule has 0 fully saturated rings. The van der Waals surface area contributed by atoms with Crippen molar-refractivity contribution in [3.8, 4) is 5.75 Å². The topological polar surface area (TPSA) is 119 Å². The van der Waals surface area contributed by atoms with E-state index in [4.69, 9.17) is 4.74 Å². The lowest BCUT2D eigenvalue weighted by Crippen LogP contribution is -2.45. The normalized spacial score (nSPS) is 12.1. The van der Waals surface area contributed by atoms with Crippen LogP contribution in [0, 0.1) is 24.0 Å². The van der Waals surface area contributed by atoms with Gasteiger partial charge in [-0.3, -0.25) is 19.2 Å². The first-order valence-electron chi connectivity index (χ1n) is 9.19. The maximum Gasteiger partial charge on any atom is 0.271 e. The summed E-state index contributed by atoms with van der Waals surface area (Å²) < 4.78 is 31.0. The van der Waals surface area contributed by atoms with Crippen molar-refractivity contribution in [3.63, 3.8) is 0 Å². The van der Waals surface area contributed by atoms with Crippen molar-refractivity contribution >= 4 is 27.3 Å². The van der Waals surface area contributed by atoms with Crippen LogP contribution >= 0.6 is 0 Å². The Bertz CT molecular complexity index is 1020. The first kappa shape index (κ1) is 23.1. The van der Waals surface area contributed by atoms with Gasteiger partial charge in [-0.1, -0.05) is 23.8 Å². The summed E-state index contributed by atoms with van der Waals surface area (Å²) in [6.45, 7) is 5.01. The molecule has 0 aliphatic heterocycles. The monoisotopic (exact) mass is 435 g/mol. The number of amides is 1. The minimum absolute atomic E-state index is 0.0883. The van der Waals surface area contributed by atoms with Crippen LogP contribution in [0.5, 0.6) is 5.75 Å². The fourth-order valence-electron chi connectivity index (χ4n) is 2.71. The predicted octanol–water partition coefficient (Wildman–Crippen LogP) is 2.56. The summed E-state index contributed by atoms with van der Waals surface area (Å²) in [4.78, 5) is 22.9. The van der Waals surface area contributed by atoms with Crippen molar-refractivity contribution in [1.82, 2.24) is 5.32 Å². The molecule has 0 aromatic heterocycles. The minimum Gasteiger partial charge on any atom is -0.491 e. The molecule has 0 spiro atoms. The van der Waals surface area contributed by atoms with Gasteiger partial charge >= 0.3 is 0 Å². The molecule has 0 unspecified atom stereocenters. The molecule has 0 aliphatic rings. The second-order valence-electron chi connectivity index (χ2n) is 7.09. The maximum absolute atomic E-state index is 12.5. The number of nitro groups is 1. The third-order valence-corrected chi connectivity index (χ3v) is 5.41. The second kappa shape index (κ2) is 9.57. The Hall–Kier alpha value is -3.14. The van der Waals surface area contributed by atoms with E-state index in [2.05, 4.69) is 5.32 Å². The molecule has 1 N–H and O–H groups in total. The van der Waals surface area contributed by atoms with Crippen LogP contribution in [-0.2, 0) is 14.8 Å². The van der Waals surface area contributed by atoms with Gasteiger partial charge in [0.2, 0.25) is 15.9 Å². The van der Waals surface area contributed by atoms with Crippen LogP contribution in [0.15, 0.2) is 42.5 Å². The molecule has 0 aliphatic carbocycles. The standard InChI is InChI=1S/C20H25N3O6S/c1-14-5-9-18(10-6-14)29-13-16(3)21-20(24)12-22(30(4,27)28)19-11-17(23(25)26)8-7-15(19)2/h5-11,16H,12-13H2,1-4H3,(H,21,24)/t16-/m1/s1. The number of aryl methyl sites for hydroxylation is 2. The zero-order valence-electron chi connectivity index (χ0n) is 17.3. The first-order valence-corrected chi connectivity index (χ1v) is 11.0. The molecule has 1 atom stereocenters. The third kappa shape index (κ3) is 6.45. The number of nitrogens with zero attached hydrogens (tertiary/aromatic N) is 2. The van der Waals surface area contributed by atoms with Crippen molar-refractivity contribution in [2.24, 2.45) is 0 Å². The van der Waals surface area contributed by atoms with Crippen molar-refractivity contribution in [1.29, 1.82) is 0 Å². The Morgan fingerprint density at radius 3 is 2.40 bits per heavy atom. The van der Waals surface area contributed by atoms with Gasteiger partial charge in [-0.2, -0.15) is 0 Å². The Morgan fingerprint density at radius 1 is 1.20 bits per heavy atom. The molecule has 2 aromatic rings. The summed E-state index contributed by atoms with van der Waals surface area (Å²) in [6.07, 6.45) is 0.947. The minimum atomic E-state index is -3.85. The number of ether oxygens (including phenoxy) is 1. The van der Waals surface area contributed by atoms with Gasteiger partial charge in [0.1, 0.15) is 18.9 Å². The van der Waals surface area contributed by atoms with E-state index in [1.54, 1.807) is 13.8 Å². The van der Waals surface area contributed by atoms with Gasteiger partial charge in [0.15, 0.2) is 0 Å². The van der Waals surface area contributed by atoms with Crippen molar-refractivity contribution in [2.45, 2.75) is 26.8 Å². The summed E-state index contributed by atoms with van der Waals surface area (Å²) in [5.74, 6) is 0.109. The van der Waals surface area contributed by atoms with Crippen molar-refractivity contribution < 1.29 is 22.9 Å². The molecule has 0 bridgehead atoms. The number of nitro benzene ring substituents is 1. The zero-order chi connectivity index (χ0) is 22.5. The van der Waals surface area contributed by atoms with Gasteiger partial charge in [-0.25, -0.2) is 8.42 Å². The van der Waals surface area contributed by atoms with Crippen molar-refractivity contribution in [2.75, 3.05) is 23.7 Å². The quantitative estimate of drug-likeness (QED) is 0.478. The van der Waals surface area contributed by atoms with Crippen LogP contribution in [0.2, 0.25) is 0 Å². The van der Waals surface area contributed by atoms with Crippen molar-refractivity contribution in [3.05, 3.63) is 63.7 Å². The molecule has 2 rings (SSSR count). The van der Waals surface area contributed by atoms with Crippen LogP contribution in [-0.4, -0.2) is 44.7 Å². The summed E-state index contributed by atoms with van der Waals surface area (Å²) in [5, 5.41) is 13.7. The number of nitrogens with one attached hydrogen (secondary N) is 1. The predicted molar refractivity (Wildman–Crippen MR) is 114 cm³/mol. The Balaban J connectivity index is 2.08. The first-order chi connectivity index (χ1) is 14.0. The van der Waals surface area contributed by atoms with E-state index < -0.39 is 27.4 Å². The molecule has 0 heterocycles. The fourth-order valence-corrected chi connectivity index (χ4v) is 3.62. The highest BCUT2D eigenvalue weighted by Crippen LogP contribution is 2.27. The number of rotatable bonds is 9. The van der Waals surface area contributed by atoms with Gasteiger partial charge in [0.05, 0.1) is 22.9 Å². The van der Waals surface area contributed by atoms with Gasteiger partial charge in [0.25, 0.3) is 5.69 Å². The molecular formula is C20H25N3O6S. The number of hydrogen-bond donors (Lipinski definition) is 1. The molecule has 2 aromatic carbocycles. The van der Waals surface area contributed by atoms with Gasteiger partial charge < -0.3 is 10.1 Å². The molecule has 0 saturated carbocycles. The zero-order valence-corrected chi connectivity index (χ0v) is 18.1. The van der Waals surface area contributed by atoms with E-state index in [1.807, 2.05) is 31.2 Å². The number of benzene rings is 2. The molecule has 0 saturated heterocycles. The number of non-ortho nitro benzene ring substituents is 1. The van der Waals surface area contributed by atoms with Crippen LogP contribution in [0.4, 0.5) is 11.4 Å². The van der Waals surface area contributed by atoms with Gasteiger partial charge in [-0.05, 0) is 38.5 Å². The molecule has 9 nitrogen and oxygen atoms in total. The van der Waals surface area contributed by atoms with Crippen LogP contribution in [0.1, 0.15) is 18.1 Å². The highest BCUT2D eigenvalue weighted by molar-refractivity contribution is 7.92. The lowest BCUT2D eigenvalue weighted by atomic mass is 10.2. The average Bonchev–Trinajstić information content (AvgIpc) is 2.65. The highest BCUT2D eigenvalue weighted by Gasteiger charge is 2.25. The number of carbonyl (C=O) groups is 1. The smallest absolute Gasteiger partial charge is 0.271 e. The molecule has 1 amide bonds.